The smallest absolute Gasteiger partial charge is 0.308 e. The average Bonchev–Trinajstić information content (AvgIpc) is 2.93. The fourth-order valence-corrected chi connectivity index (χ4v) is 4.63. The number of carboxylic acid groups (broad SMARTS) is 1. The van der Waals surface area contributed by atoms with E-state index in [1.807, 2.05) is 12.1 Å². The highest BCUT2D eigenvalue weighted by molar-refractivity contribution is 5.72. The van der Waals surface area contributed by atoms with Crippen LogP contribution in [0, 0.1) is 24.1 Å². The summed E-state index contributed by atoms with van der Waals surface area (Å²) in [5.41, 5.74) is 1.32. The lowest BCUT2D eigenvalue weighted by molar-refractivity contribution is -0.145. The Morgan fingerprint density at radius 1 is 1.32 bits per heavy atom. The molecule has 0 saturated carbocycles. The van der Waals surface area contributed by atoms with Crippen molar-refractivity contribution in [3.05, 3.63) is 35.1 Å². The number of hydrogen-bond donors (Lipinski definition) is 1. The van der Waals surface area contributed by atoms with Crippen molar-refractivity contribution in [2.45, 2.75) is 39.7 Å². The summed E-state index contributed by atoms with van der Waals surface area (Å²) in [4.78, 5) is 16.4. The number of aliphatic carboxylic acids is 1. The lowest BCUT2D eigenvalue weighted by Gasteiger charge is -2.41. The third-order valence-corrected chi connectivity index (χ3v) is 6.07. The van der Waals surface area contributed by atoms with Gasteiger partial charge in [0.05, 0.1) is 5.92 Å². The van der Waals surface area contributed by atoms with Gasteiger partial charge in [0.15, 0.2) is 0 Å². The van der Waals surface area contributed by atoms with E-state index in [1.54, 1.807) is 13.0 Å². The number of likely N-dealkylation sites (tertiary alicyclic amines) is 2. The van der Waals surface area contributed by atoms with Crippen LogP contribution in [0.1, 0.15) is 37.3 Å². The summed E-state index contributed by atoms with van der Waals surface area (Å²) in [5, 5.41) is 9.69. The SMILES string of the molecule is CCCN1CC(C(=O)O)C2(CCN(Cc3cccc(C)c3F)CC2)C1. The molecule has 1 atom stereocenters. The Hall–Kier alpha value is -1.46. The van der Waals surface area contributed by atoms with Gasteiger partial charge in [-0.05, 0) is 51.4 Å². The van der Waals surface area contributed by atoms with Crippen molar-refractivity contribution in [2.24, 2.45) is 11.3 Å². The van der Waals surface area contributed by atoms with Gasteiger partial charge < -0.3 is 10.0 Å². The summed E-state index contributed by atoms with van der Waals surface area (Å²) >= 11 is 0. The second-order valence-electron chi connectivity index (χ2n) is 7.81. The van der Waals surface area contributed by atoms with Crippen LogP contribution in [0.4, 0.5) is 4.39 Å². The molecule has 0 aromatic heterocycles. The van der Waals surface area contributed by atoms with Crippen molar-refractivity contribution in [3.63, 3.8) is 0 Å². The first-order valence-corrected chi connectivity index (χ1v) is 9.37. The van der Waals surface area contributed by atoms with E-state index in [0.717, 1.165) is 51.0 Å². The van der Waals surface area contributed by atoms with Crippen molar-refractivity contribution < 1.29 is 14.3 Å². The molecule has 0 amide bonds. The van der Waals surface area contributed by atoms with E-state index >= 15 is 0 Å². The van der Waals surface area contributed by atoms with Crippen molar-refractivity contribution in [2.75, 3.05) is 32.7 Å². The number of halogens is 1. The molecule has 2 heterocycles. The van der Waals surface area contributed by atoms with E-state index in [1.165, 1.54) is 0 Å². The first-order chi connectivity index (χ1) is 11.9. The van der Waals surface area contributed by atoms with Crippen LogP contribution in [0.25, 0.3) is 0 Å². The lowest BCUT2D eigenvalue weighted by atomic mass is 9.71. The van der Waals surface area contributed by atoms with Crippen LogP contribution < -0.4 is 0 Å². The van der Waals surface area contributed by atoms with Crippen LogP contribution in [-0.2, 0) is 11.3 Å². The maximum atomic E-state index is 14.2. The summed E-state index contributed by atoms with van der Waals surface area (Å²) in [5.74, 6) is -1.03. The number of carboxylic acids is 1. The normalized spacial score (nSPS) is 24.0. The van der Waals surface area contributed by atoms with Crippen molar-refractivity contribution >= 4 is 5.97 Å². The van der Waals surface area contributed by atoms with Gasteiger partial charge in [-0.2, -0.15) is 0 Å². The van der Waals surface area contributed by atoms with Crippen molar-refractivity contribution in [3.8, 4) is 0 Å². The average molecular weight is 348 g/mol. The maximum Gasteiger partial charge on any atom is 0.308 e. The molecular formula is C20H29FN2O2. The predicted molar refractivity (Wildman–Crippen MR) is 95.9 cm³/mol. The van der Waals surface area contributed by atoms with Crippen molar-refractivity contribution in [1.82, 2.24) is 9.80 Å². The number of carbonyl (C=O) groups is 1. The zero-order valence-electron chi connectivity index (χ0n) is 15.3. The maximum absolute atomic E-state index is 14.2. The van der Waals surface area contributed by atoms with Gasteiger partial charge in [0, 0.05) is 30.6 Å². The van der Waals surface area contributed by atoms with Crippen LogP contribution >= 0.6 is 0 Å². The van der Waals surface area contributed by atoms with E-state index in [-0.39, 0.29) is 17.2 Å². The predicted octanol–water partition coefficient (Wildman–Crippen LogP) is 3.14. The summed E-state index contributed by atoms with van der Waals surface area (Å²) in [7, 11) is 0. The molecule has 0 bridgehead atoms. The highest BCUT2D eigenvalue weighted by Gasteiger charge is 2.50. The molecule has 138 valence electrons. The van der Waals surface area contributed by atoms with Gasteiger partial charge in [0.1, 0.15) is 5.82 Å². The van der Waals surface area contributed by atoms with Crippen LogP contribution in [0.5, 0.6) is 0 Å². The Labute approximate surface area is 149 Å². The topological polar surface area (TPSA) is 43.8 Å². The van der Waals surface area contributed by atoms with Gasteiger partial charge in [-0.15, -0.1) is 0 Å². The highest BCUT2D eigenvalue weighted by atomic mass is 19.1. The molecule has 0 radical (unpaired) electrons. The molecule has 25 heavy (non-hydrogen) atoms. The Morgan fingerprint density at radius 2 is 2.04 bits per heavy atom. The molecule has 1 aromatic rings. The Bertz CT molecular complexity index is 626. The molecule has 1 aromatic carbocycles. The Morgan fingerprint density at radius 3 is 2.68 bits per heavy atom. The molecule has 1 unspecified atom stereocenters. The van der Waals surface area contributed by atoms with E-state index in [2.05, 4.69) is 16.7 Å². The van der Waals surface area contributed by atoms with E-state index in [9.17, 15) is 14.3 Å². The summed E-state index contributed by atoms with van der Waals surface area (Å²) < 4.78 is 14.2. The third kappa shape index (κ3) is 3.72. The standard InChI is InChI=1S/C20H29FN2O2/c1-3-9-23-13-17(19(24)25)20(14-23)7-10-22(11-8-20)12-16-6-4-5-15(2)18(16)21/h4-6,17H,3,7-14H2,1-2H3,(H,24,25). The molecule has 2 saturated heterocycles. The number of benzene rings is 1. The molecule has 1 N–H and O–H groups in total. The van der Waals surface area contributed by atoms with Crippen molar-refractivity contribution in [1.29, 1.82) is 0 Å². The third-order valence-electron chi connectivity index (χ3n) is 6.07. The summed E-state index contributed by atoms with van der Waals surface area (Å²) in [6.45, 7) is 8.78. The molecular weight excluding hydrogens is 319 g/mol. The van der Waals surface area contributed by atoms with E-state index in [0.29, 0.717) is 18.7 Å². The Kier molecular flexibility index (Phi) is 5.44. The van der Waals surface area contributed by atoms with Crippen LogP contribution in [0.3, 0.4) is 0 Å². The first kappa shape index (κ1) is 18.3. The van der Waals surface area contributed by atoms with Gasteiger partial charge in [0.2, 0.25) is 0 Å². The first-order valence-electron chi connectivity index (χ1n) is 9.37. The van der Waals surface area contributed by atoms with Gasteiger partial charge in [0.25, 0.3) is 0 Å². The number of aryl methyl sites for hydroxylation is 1. The fraction of sp³-hybridized carbons (Fsp3) is 0.650. The minimum atomic E-state index is -0.656. The largest absolute Gasteiger partial charge is 0.481 e. The second-order valence-corrected chi connectivity index (χ2v) is 7.81. The van der Waals surface area contributed by atoms with E-state index < -0.39 is 5.97 Å². The zero-order chi connectivity index (χ0) is 18.0. The zero-order valence-corrected chi connectivity index (χ0v) is 15.3. The minimum absolute atomic E-state index is 0.108. The molecule has 2 aliphatic heterocycles. The van der Waals surface area contributed by atoms with Gasteiger partial charge in [-0.3, -0.25) is 9.69 Å². The molecule has 1 spiro atoms. The highest BCUT2D eigenvalue weighted by Crippen LogP contribution is 2.45. The lowest BCUT2D eigenvalue weighted by Crippen LogP contribution is -2.45. The molecule has 5 heteroatoms. The molecule has 3 rings (SSSR count). The number of nitrogens with zero attached hydrogens (tertiary/aromatic N) is 2. The monoisotopic (exact) mass is 348 g/mol. The molecule has 2 fully saturated rings. The van der Waals surface area contributed by atoms with Crippen LogP contribution in [0.2, 0.25) is 0 Å². The van der Waals surface area contributed by atoms with Gasteiger partial charge >= 0.3 is 5.97 Å². The summed E-state index contributed by atoms with van der Waals surface area (Å²) in [6, 6.07) is 5.55. The summed E-state index contributed by atoms with van der Waals surface area (Å²) in [6.07, 6.45) is 2.83. The van der Waals surface area contributed by atoms with Crippen LogP contribution in [0.15, 0.2) is 18.2 Å². The quantitative estimate of drug-likeness (QED) is 0.888. The molecule has 2 aliphatic rings. The number of rotatable bonds is 5. The second kappa shape index (κ2) is 7.42. The van der Waals surface area contributed by atoms with Gasteiger partial charge in [-0.25, -0.2) is 4.39 Å². The molecule has 4 nitrogen and oxygen atoms in total. The Balaban J connectivity index is 1.66. The van der Waals surface area contributed by atoms with Gasteiger partial charge in [-0.1, -0.05) is 25.1 Å². The number of piperidine rings is 1. The van der Waals surface area contributed by atoms with E-state index in [4.69, 9.17) is 0 Å². The van der Waals surface area contributed by atoms with Crippen LogP contribution in [-0.4, -0.2) is 53.6 Å². The fourth-order valence-electron chi connectivity index (χ4n) is 4.63. The number of hydrogen-bond acceptors (Lipinski definition) is 3. The minimum Gasteiger partial charge on any atom is -0.481 e. The molecule has 0 aliphatic carbocycles.